The zero-order valence-corrected chi connectivity index (χ0v) is 16.9. The number of nitrogens with zero attached hydrogens (tertiary/aromatic N) is 2. The first-order valence-electron chi connectivity index (χ1n) is 9.40. The van der Waals surface area contributed by atoms with Crippen molar-refractivity contribution in [3.05, 3.63) is 52.0 Å². The van der Waals surface area contributed by atoms with Gasteiger partial charge in [-0.05, 0) is 43.0 Å². The summed E-state index contributed by atoms with van der Waals surface area (Å²) in [5, 5.41) is 10.4. The molecule has 3 heterocycles. The fraction of sp³-hybridized carbons (Fsp3) is 0.333. The molecule has 29 heavy (non-hydrogen) atoms. The number of hydrogen-bond donors (Lipinski definition) is 1. The molecule has 2 aliphatic heterocycles. The summed E-state index contributed by atoms with van der Waals surface area (Å²) in [5.41, 5.74) is 0.701. The molecule has 1 N–H and O–H groups in total. The minimum Gasteiger partial charge on any atom is -0.481 e. The molecule has 0 spiro atoms. The number of benzene rings is 2. The normalized spacial score (nSPS) is 23.2. The lowest BCUT2D eigenvalue weighted by atomic mass is 9.71. The van der Waals surface area contributed by atoms with E-state index in [9.17, 15) is 18.7 Å². The summed E-state index contributed by atoms with van der Waals surface area (Å²) in [6.45, 7) is 0.692. The number of aromatic nitrogens is 2. The molecule has 0 aliphatic carbocycles. The third-order valence-electron chi connectivity index (χ3n) is 5.97. The summed E-state index contributed by atoms with van der Waals surface area (Å²) in [5.74, 6) is -2.42. The second-order valence-corrected chi connectivity index (χ2v) is 8.61. The Bertz CT molecular complexity index is 1160. The van der Waals surface area contributed by atoms with Crippen LogP contribution in [0.4, 0.5) is 8.78 Å². The van der Waals surface area contributed by atoms with Crippen molar-refractivity contribution in [3.63, 3.8) is 0 Å². The minimum absolute atomic E-state index is 0.0720. The summed E-state index contributed by atoms with van der Waals surface area (Å²) < 4.78 is 35.9. The molecule has 150 valence electrons. The number of halogens is 3. The Balaban J connectivity index is 1.78. The van der Waals surface area contributed by atoms with E-state index < -0.39 is 23.0 Å². The average molecular weight is 463 g/mol. The molecule has 8 heteroatoms. The Morgan fingerprint density at radius 1 is 1.31 bits per heavy atom. The lowest BCUT2D eigenvalue weighted by Crippen LogP contribution is -2.45. The van der Waals surface area contributed by atoms with Crippen molar-refractivity contribution in [2.45, 2.75) is 37.3 Å². The third-order valence-corrected chi connectivity index (χ3v) is 6.46. The molecule has 2 atom stereocenters. The molecular weight excluding hydrogens is 446 g/mol. The highest BCUT2D eigenvalue weighted by atomic mass is 79.9. The lowest BCUT2D eigenvalue weighted by Gasteiger charge is -2.38. The largest absolute Gasteiger partial charge is 0.481 e. The highest BCUT2D eigenvalue weighted by Gasteiger charge is 2.48. The van der Waals surface area contributed by atoms with E-state index >= 15 is 0 Å². The summed E-state index contributed by atoms with van der Waals surface area (Å²) in [6, 6.07) is 7.56. The van der Waals surface area contributed by atoms with Gasteiger partial charge in [-0.3, -0.25) is 4.79 Å². The van der Waals surface area contributed by atoms with Crippen molar-refractivity contribution in [1.82, 2.24) is 9.55 Å². The topological polar surface area (TPSA) is 64.3 Å². The molecule has 0 amide bonds. The van der Waals surface area contributed by atoms with E-state index in [1.165, 1.54) is 0 Å². The maximum atomic E-state index is 14.0. The summed E-state index contributed by atoms with van der Waals surface area (Å²) in [6.07, 6.45) is 1.84. The van der Waals surface area contributed by atoms with Gasteiger partial charge in [-0.25, -0.2) is 13.8 Å². The summed E-state index contributed by atoms with van der Waals surface area (Å²) in [7, 11) is 0. The van der Waals surface area contributed by atoms with Gasteiger partial charge in [0.2, 0.25) is 0 Å². The van der Waals surface area contributed by atoms with E-state index in [1.807, 2.05) is 12.1 Å². The quantitative estimate of drug-likeness (QED) is 0.615. The van der Waals surface area contributed by atoms with Crippen LogP contribution in [0.5, 0.6) is 0 Å². The van der Waals surface area contributed by atoms with Gasteiger partial charge in [-0.1, -0.05) is 15.9 Å². The van der Waals surface area contributed by atoms with Gasteiger partial charge in [0.15, 0.2) is 11.6 Å². The maximum absolute atomic E-state index is 14.0. The molecule has 0 saturated carbocycles. The van der Waals surface area contributed by atoms with E-state index in [0.29, 0.717) is 41.0 Å². The fourth-order valence-electron chi connectivity index (χ4n) is 4.59. The van der Waals surface area contributed by atoms with Crippen LogP contribution in [0.3, 0.4) is 0 Å². The molecule has 1 saturated heterocycles. The second-order valence-electron chi connectivity index (χ2n) is 7.69. The van der Waals surface area contributed by atoms with Crippen LogP contribution in [-0.2, 0) is 21.5 Å². The van der Waals surface area contributed by atoms with Crippen LogP contribution in [0, 0.1) is 11.6 Å². The SMILES string of the molecule is O=C(O)C1(CC2CCCO2)Cn2c(nc3cc(F)c(F)cc32)-c2ccc(Br)cc21. The Morgan fingerprint density at radius 2 is 2.10 bits per heavy atom. The van der Waals surface area contributed by atoms with Crippen LogP contribution in [0.25, 0.3) is 22.4 Å². The number of carbonyl (C=O) groups is 1. The van der Waals surface area contributed by atoms with Crippen molar-refractivity contribution < 1.29 is 23.4 Å². The smallest absolute Gasteiger partial charge is 0.316 e. The van der Waals surface area contributed by atoms with Crippen LogP contribution in [0.15, 0.2) is 34.8 Å². The van der Waals surface area contributed by atoms with Crippen LogP contribution in [0.2, 0.25) is 0 Å². The molecule has 2 unspecified atom stereocenters. The standard InChI is InChI=1S/C21H17BrF2N2O3/c22-11-3-4-13-14(6-11)21(20(27)28,9-12-2-1-5-29-12)10-26-18-8-16(24)15(23)7-17(18)25-19(13)26/h3-4,6-8,12H,1-2,5,9-10H2,(H,27,28). The number of fused-ring (bicyclic) bond motifs is 5. The molecule has 0 bridgehead atoms. The van der Waals surface area contributed by atoms with E-state index in [2.05, 4.69) is 20.9 Å². The number of hydrogen-bond acceptors (Lipinski definition) is 3. The van der Waals surface area contributed by atoms with Crippen LogP contribution < -0.4 is 0 Å². The van der Waals surface area contributed by atoms with Gasteiger partial charge in [0.1, 0.15) is 11.2 Å². The molecule has 3 aromatic rings. The molecule has 5 rings (SSSR count). The van der Waals surface area contributed by atoms with Crippen LogP contribution in [-0.4, -0.2) is 33.3 Å². The van der Waals surface area contributed by atoms with Crippen molar-refractivity contribution >= 4 is 32.9 Å². The predicted molar refractivity (Wildman–Crippen MR) is 106 cm³/mol. The molecule has 1 aromatic heterocycles. The number of ether oxygens (including phenoxy) is 1. The van der Waals surface area contributed by atoms with Gasteiger partial charge in [-0.15, -0.1) is 0 Å². The van der Waals surface area contributed by atoms with Crippen molar-refractivity contribution in [1.29, 1.82) is 0 Å². The first kappa shape index (κ1) is 18.7. The zero-order chi connectivity index (χ0) is 20.3. The van der Waals surface area contributed by atoms with E-state index in [4.69, 9.17) is 4.74 Å². The fourth-order valence-corrected chi connectivity index (χ4v) is 4.95. The zero-order valence-electron chi connectivity index (χ0n) is 15.3. The highest BCUT2D eigenvalue weighted by molar-refractivity contribution is 9.10. The second kappa shape index (κ2) is 6.60. The number of aliphatic carboxylic acids is 1. The molecule has 1 fully saturated rings. The Morgan fingerprint density at radius 3 is 2.83 bits per heavy atom. The number of carboxylic acids is 1. The van der Waals surface area contributed by atoms with E-state index in [-0.39, 0.29) is 12.6 Å². The van der Waals surface area contributed by atoms with Gasteiger partial charge in [0.05, 0.1) is 17.1 Å². The summed E-state index contributed by atoms with van der Waals surface area (Å²) >= 11 is 3.45. The Hall–Kier alpha value is -2.32. The van der Waals surface area contributed by atoms with Crippen LogP contribution in [0.1, 0.15) is 24.8 Å². The minimum atomic E-state index is -1.26. The Labute approximate surface area is 173 Å². The van der Waals surface area contributed by atoms with Crippen LogP contribution >= 0.6 is 15.9 Å². The van der Waals surface area contributed by atoms with Gasteiger partial charge in [-0.2, -0.15) is 0 Å². The van der Waals surface area contributed by atoms with Gasteiger partial charge in [0.25, 0.3) is 0 Å². The molecule has 2 aromatic carbocycles. The van der Waals surface area contributed by atoms with Gasteiger partial charge < -0.3 is 14.4 Å². The monoisotopic (exact) mass is 462 g/mol. The van der Waals surface area contributed by atoms with Crippen molar-refractivity contribution in [2.75, 3.05) is 6.61 Å². The molecule has 5 nitrogen and oxygen atoms in total. The van der Waals surface area contributed by atoms with E-state index in [0.717, 1.165) is 29.4 Å². The maximum Gasteiger partial charge on any atom is 0.316 e. The molecule has 2 aliphatic rings. The first-order valence-corrected chi connectivity index (χ1v) is 10.2. The number of imidazole rings is 1. The third kappa shape index (κ3) is 2.80. The number of carboxylic acid groups (broad SMARTS) is 1. The lowest BCUT2D eigenvalue weighted by molar-refractivity contribution is -0.146. The van der Waals surface area contributed by atoms with Gasteiger partial charge >= 0.3 is 5.97 Å². The van der Waals surface area contributed by atoms with Crippen molar-refractivity contribution in [3.8, 4) is 11.4 Å². The predicted octanol–water partition coefficient (Wildman–Crippen LogP) is 4.65. The van der Waals surface area contributed by atoms with Crippen molar-refractivity contribution in [2.24, 2.45) is 0 Å². The highest BCUT2D eigenvalue weighted by Crippen LogP contribution is 2.46. The molecule has 0 radical (unpaired) electrons. The Kier molecular flexibility index (Phi) is 4.25. The average Bonchev–Trinajstić information content (AvgIpc) is 3.30. The first-order chi connectivity index (χ1) is 13.9. The van der Waals surface area contributed by atoms with E-state index in [1.54, 1.807) is 10.6 Å². The molecular formula is C21H17BrF2N2O3. The summed E-state index contributed by atoms with van der Waals surface area (Å²) in [4.78, 5) is 17.2. The number of rotatable bonds is 3. The van der Waals surface area contributed by atoms with Gasteiger partial charge in [0, 0.05) is 35.3 Å².